The largest absolute Gasteiger partial charge is 0.337 e. The highest BCUT2D eigenvalue weighted by Gasteiger charge is 2.22. The lowest BCUT2D eigenvalue weighted by Gasteiger charge is -2.20. The molecule has 0 bridgehead atoms. The second kappa shape index (κ2) is 8.53. The van der Waals surface area contributed by atoms with Crippen LogP contribution in [0, 0.1) is 6.92 Å². The fourth-order valence-corrected chi connectivity index (χ4v) is 4.69. The fraction of sp³-hybridized carbons (Fsp3) is 0.190. The maximum atomic E-state index is 13.3. The molecule has 8 heteroatoms. The van der Waals surface area contributed by atoms with Gasteiger partial charge in [-0.25, -0.2) is 9.97 Å². The number of hydrogen-bond donors (Lipinski definition) is 0. The summed E-state index contributed by atoms with van der Waals surface area (Å²) in [4.78, 5) is 23.8. The van der Waals surface area contributed by atoms with Gasteiger partial charge in [0.05, 0.1) is 16.5 Å². The SMILES string of the molecule is Cc1cc(Cl)cc2sc(N(CCCn3ccnc3)C(=O)c3ccc(Cl)cc3)nc12. The molecule has 0 unspecified atom stereocenters. The van der Waals surface area contributed by atoms with Gasteiger partial charge >= 0.3 is 0 Å². The first-order valence-electron chi connectivity index (χ1n) is 9.11. The van der Waals surface area contributed by atoms with Crippen LogP contribution in [-0.4, -0.2) is 27.0 Å². The molecule has 148 valence electrons. The number of imidazole rings is 1. The fourth-order valence-electron chi connectivity index (χ4n) is 3.12. The van der Waals surface area contributed by atoms with Crippen molar-refractivity contribution < 1.29 is 4.79 Å². The zero-order chi connectivity index (χ0) is 20.4. The van der Waals surface area contributed by atoms with Crippen LogP contribution in [0.15, 0.2) is 55.1 Å². The van der Waals surface area contributed by atoms with Gasteiger partial charge in [-0.05, 0) is 55.3 Å². The molecule has 1 amide bonds. The molecule has 2 aromatic carbocycles. The van der Waals surface area contributed by atoms with E-state index >= 15 is 0 Å². The molecule has 4 aromatic rings. The van der Waals surface area contributed by atoms with Crippen molar-refractivity contribution in [3.05, 3.63) is 76.3 Å². The molecular weight excluding hydrogens is 427 g/mol. The van der Waals surface area contributed by atoms with E-state index in [0.29, 0.717) is 27.3 Å². The van der Waals surface area contributed by atoms with Crippen molar-refractivity contribution in [2.45, 2.75) is 19.9 Å². The van der Waals surface area contributed by atoms with Gasteiger partial charge in [-0.15, -0.1) is 0 Å². The molecule has 0 aliphatic rings. The molecule has 0 aliphatic carbocycles. The first-order chi connectivity index (χ1) is 14.0. The third-order valence-electron chi connectivity index (χ3n) is 4.56. The number of halogens is 2. The first-order valence-corrected chi connectivity index (χ1v) is 10.7. The Morgan fingerprint density at radius 2 is 1.97 bits per heavy atom. The van der Waals surface area contributed by atoms with E-state index in [9.17, 15) is 4.79 Å². The third kappa shape index (κ3) is 4.45. The Bertz CT molecular complexity index is 1140. The van der Waals surface area contributed by atoms with Crippen molar-refractivity contribution >= 4 is 55.8 Å². The van der Waals surface area contributed by atoms with E-state index in [1.54, 1.807) is 41.7 Å². The second-order valence-electron chi connectivity index (χ2n) is 6.68. The number of benzene rings is 2. The number of aryl methyl sites for hydroxylation is 2. The smallest absolute Gasteiger partial charge is 0.260 e. The van der Waals surface area contributed by atoms with Gasteiger partial charge in [-0.1, -0.05) is 34.5 Å². The summed E-state index contributed by atoms with van der Waals surface area (Å²) >= 11 is 13.7. The summed E-state index contributed by atoms with van der Waals surface area (Å²) in [6.07, 6.45) is 6.20. The number of aromatic nitrogens is 3. The van der Waals surface area contributed by atoms with Gasteiger partial charge in [0, 0.05) is 41.1 Å². The van der Waals surface area contributed by atoms with E-state index in [1.165, 1.54) is 11.3 Å². The molecule has 2 aromatic heterocycles. The van der Waals surface area contributed by atoms with Gasteiger partial charge in [0.1, 0.15) is 0 Å². The maximum Gasteiger partial charge on any atom is 0.260 e. The summed E-state index contributed by atoms with van der Waals surface area (Å²) in [5, 5.41) is 1.93. The van der Waals surface area contributed by atoms with E-state index < -0.39 is 0 Å². The molecule has 5 nitrogen and oxygen atoms in total. The third-order valence-corrected chi connectivity index (χ3v) is 6.06. The molecule has 0 saturated carbocycles. The highest BCUT2D eigenvalue weighted by atomic mass is 35.5. The van der Waals surface area contributed by atoms with E-state index in [4.69, 9.17) is 28.2 Å². The Morgan fingerprint density at radius 1 is 1.17 bits per heavy atom. The molecular formula is C21H18Cl2N4OS. The molecule has 0 atom stereocenters. The van der Waals surface area contributed by atoms with Crippen molar-refractivity contribution in [2.75, 3.05) is 11.4 Å². The highest BCUT2D eigenvalue weighted by molar-refractivity contribution is 7.22. The molecule has 0 radical (unpaired) electrons. The molecule has 4 rings (SSSR count). The van der Waals surface area contributed by atoms with Crippen LogP contribution in [0.5, 0.6) is 0 Å². The Balaban J connectivity index is 1.66. The minimum absolute atomic E-state index is 0.102. The topological polar surface area (TPSA) is 51.0 Å². The summed E-state index contributed by atoms with van der Waals surface area (Å²) in [7, 11) is 0. The first kappa shape index (κ1) is 19.9. The lowest BCUT2D eigenvalue weighted by atomic mass is 10.2. The van der Waals surface area contributed by atoms with Crippen molar-refractivity contribution in [2.24, 2.45) is 0 Å². The van der Waals surface area contributed by atoms with Crippen LogP contribution in [0.2, 0.25) is 10.0 Å². The standard InChI is InChI=1S/C21H18Cl2N4OS/c1-14-11-17(23)12-18-19(14)25-21(29-18)27(9-2-8-26-10-7-24-13-26)20(28)15-3-5-16(22)6-4-15/h3-7,10-13H,2,8-9H2,1H3. The van der Waals surface area contributed by atoms with Crippen LogP contribution >= 0.6 is 34.5 Å². The number of nitrogens with zero attached hydrogens (tertiary/aromatic N) is 4. The zero-order valence-electron chi connectivity index (χ0n) is 15.7. The van der Waals surface area contributed by atoms with Crippen LogP contribution in [0.25, 0.3) is 10.2 Å². The van der Waals surface area contributed by atoms with Gasteiger partial charge in [-0.3, -0.25) is 9.69 Å². The summed E-state index contributed by atoms with van der Waals surface area (Å²) in [5.41, 5.74) is 2.44. The van der Waals surface area contributed by atoms with Crippen molar-refractivity contribution in [1.82, 2.24) is 14.5 Å². The lowest BCUT2D eigenvalue weighted by molar-refractivity contribution is 0.0986. The molecule has 0 N–H and O–H groups in total. The molecule has 0 aliphatic heterocycles. The molecule has 0 fully saturated rings. The minimum Gasteiger partial charge on any atom is -0.337 e. The van der Waals surface area contributed by atoms with Gasteiger partial charge in [0.2, 0.25) is 0 Å². The maximum absolute atomic E-state index is 13.3. The molecule has 0 spiro atoms. The van der Waals surface area contributed by atoms with Gasteiger partial charge < -0.3 is 4.57 Å². The Morgan fingerprint density at radius 3 is 2.69 bits per heavy atom. The normalized spacial score (nSPS) is 11.1. The van der Waals surface area contributed by atoms with E-state index in [1.807, 2.05) is 29.8 Å². The van der Waals surface area contributed by atoms with E-state index in [0.717, 1.165) is 28.7 Å². The summed E-state index contributed by atoms with van der Waals surface area (Å²) in [6, 6.07) is 10.7. The minimum atomic E-state index is -0.102. The molecule has 0 saturated heterocycles. The van der Waals surface area contributed by atoms with Gasteiger partial charge in [-0.2, -0.15) is 0 Å². The van der Waals surface area contributed by atoms with Crippen LogP contribution < -0.4 is 4.90 Å². The summed E-state index contributed by atoms with van der Waals surface area (Å²) < 4.78 is 2.96. The monoisotopic (exact) mass is 444 g/mol. The molecule has 2 heterocycles. The lowest BCUT2D eigenvalue weighted by Crippen LogP contribution is -2.32. The van der Waals surface area contributed by atoms with E-state index in [2.05, 4.69) is 4.98 Å². The second-order valence-corrected chi connectivity index (χ2v) is 8.57. The number of carbonyl (C=O) groups is 1. The Kier molecular flexibility index (Phi) is 5.85. The number of amides is 1. The Hall–Kier alpha value is -2.41. The average Bonchev–Trinajstić information content (AvgIpc) is 3.35. The highest BCUT2D eigenvalue weighted by Crippen LogP contribution is 2.33. The van der Waals surface area contributed by atoms with Crippen LogP contribution in [0.4, 0.5) is 5.13 Å². The van der Waals surface area contributed by atoms with Crippen molar-refractivity contribution in [3.63, 3.8) is 0 Å². The van der Waals surface area contributed by atoms with Gasteiger partial charge in [0.15, 0.2) is 5.13 Å². The van der Waals surface area contributed by atoms with Crippen LogP contribution in [0.1, 0.15) is 22.3 Å². The predicted octanol–water partition coefficient (Wildman–Crippen LogP) is 5.85. The van der Waals surface area contributed by atoms with Crippen molar-refractivity contribution in [3.8, 4) is 0 Å². The van der Waals surface area contributed by atoms with Crippen molar-refractivity contribution in [1.29, 1.82) is 0 Å². The zero-order valence-corrected chi connectivity index (χ0v) is 18.0. The van der Waals surface area contributed by atoms with Gasteiger partial charge in [0.25, 0.3) is 5.91 Å². The van der Waals surface area contributed by atoms with Crippen LogP contribution in [-0.2, 0) is 6.54 Å². The predicted molar refractivity (Wildman–Crippen MR) is 119 cm³/mol. The Labute approximate surface area is 182 Å². The number of thiazole rings is 1. The number of rotatable bonds is 6. The number of hydrogen-bond acceptors (Lipinski definition) is 4. The number of carbonyl (C=O) groups excluding carboxylic acids is 1. The summed E-state index contributed by atoms with van der Waals surface area (Å²) in [5.74, 6) is -0.102. The molecule has 29 heavy (non-hydrogen) atoms. The summed E-state index contributed by atoms with van der Waals surface area (Å²) in [6.45, 7) is 3.27. The quantitative estimate of drug-likeness (QED) is 0.374. The van der Waals surface area contributed by atoms with Crippen LogP contribution in [0.3, 0.4) is 0 Å². The average molecular weight is 445 g/mol. The number of fused-ring (bicyclic) bond motifs is 1. The van der Waals surface area contributed by atoms with E-state index in [-0.39, 0.29) is 5.91 Å². The number of anilines is 1.